The van der Waals surface area contributed by atoms with Crippen LogP contribution in [0.15, 0.2) is 0 Å². The minimum absolute atomic E-state index is 0. The Balaban J connectivity index is 0.000000405. The molecular weight excluding hydrogens is 138 g/mol. The SMILES string of the molecule is Cl.NC[C@@]12COC[C@@H]1C2. The third kappa shape index (κ3) is 0.858. The van der Waals surface area contributed by atoms with Crippen LogP contribution in [-0.4, -0.2) is 19.8 Å². The van der Waals surface area contributed by atoms with E-state index >= 15 is 0 Å². The van der Waals surface area contributed by atoms with E-state index in [0.717, 1.165) is 25.7 Å². The molecule has 1 saturated heterocycles. The van der Waals surface area contributed by atoms with E-state index in [1.54, 1.807) is 0 Å². The van der Waals surface area contributed by atoms with Crippen LogP contribution in [-0.2, 0) is 4.74 Å². The monoisotopic (exact) mass is 149 g/mol. The lowest BCUT2D eigenvalue weighted by Crippen LogP contribution is -2.18. The number of hydrogen-bond donors (Lipinski definition) is 1. The Hall–Kier alpha value is 0.210. The minimum atomic E-state index is 0. The maximum absolute atomic E-state index is 5.53. The summed E-state index contributed by atoms with van der Waals surface area (Å²) in [5, 5.41) is 0. The topological polar surface area (TPSA) is 35.2 Å². The standard InChI is InChI=1S/C6H11NO.ClH/c7-3-6-1-5(6)2-8-4-6;/h5H,1-4,7H2;1H/t5-,6-;/m0./s1. The van der Waals surface area contributed by atoms with Crippen molar-refractivity contribution in [2.45, 2.75) is 6.42 Å². The first-order valence-corrected chi connectivity index (χ1v) is 3.15. The van der Waals surface area contributed by atoms with Gasteiger partial charge >= 0.3 is 0 Å². The molecule has 1 saturated carbocycles. The largest absolute Gasteiger partial charge is 0.380 e. The van der Waals surface area contributed by atoms with Crippen molar-refractivity contribution in [1.82, 2.24) is 0 Å². The van der Waals surface area contributed by atoms with Gasteiger partial charge in [-0.05, 0) is 12.3 Å². The number of hydrogen-bond acceptors (Lipinski definition) is 2. The van der Waals surface area contributed by atoms with Crippen molar-refractivity contribution in [3.63, 3.8) is 0 Å². The summed E-state index contributed by atoms with van der Waals surface area (Å²) < 4.78 is 5.22. The summed E-state index contributed by atoms with van der Waals surface area (Å²) in [6, 6.07) is 0. The molecule has 1 heterocycles. The van der Waals surface area contributed by atoms with Crippen LogP contribution in [0.4, 0.5) is 0 Å². The number of nitrogens with two attached hydrogens (primary N) is 1. The predicted octanol–water partition coefficient (Wildman–Crippen LogP) is 0.403. The van der Waals surface area contributed by atoms with E-state index in [-0.39, 0.29) is 12.4 Å². The van der Waals surface area contributed by atoms with Gasteiger partial charge in [0.05, 0.1) is 13.2 Å². The molecule has 1 aliphatic carbocycles. The molecule has 2 atom stereocenters. The molecule has 2 fully saturated rings. The molecule has 0 spiro atoms. The molecular formula is C6H12ClNO. The van der Waals surface area contributed by atoms with Crippen LogP contribution in [0.5, 0.6) is 0 Å². The second-order valence-corrected chi connectivity index (χ2v) is 2.98. The van der Waals surface area contributed by atoms with Crippen LogP contribution >= 0.6 is 12.4 Å². The van der Waals surface area contributed by atoms with Gasteiger partial charge in [-0.1, -0.05) is 0 Å². The lowest BCUT2D eigenvalue weighted by atomic mass is 10.1. The summed E-state index contributed by atoms with van der Waals surface area (Å²) >= 11 is 0. The van der Waals surface area contributed by atoms with Crippen LogP contribution in [0.3, 0.4) is 0 Å². The Morgan fingerprint density at radius 2 is 2.44 bits per heavy atom. The van der Waals surface area contributed by atoms with E-state index in [4.69, 9.17) is 10.5 Å². The summed E-state index contributed by atoms with van der Waals surface area (Å²) in [5.41, 5.74) is 5.99. The van der Waals surface area contributed by atoms with E-state index < -0.39 is 0 Å². The summed E-state index contributed by atoms with van der Waals surface area (Å²) in [6.07, 6.45) is 1.32. The Kier molecular flexibility index (Phi) is 1.72. The third-order valence-corrected chi connectivity index (χ3v) is 2.47. The molecule has 0 bridgehead atoms. The molecule has 54 valence electrons. The van der Waals surface area contributed by atoms with Crippen LogP contribution < -0.4 is 5.73 Å². The van der Waals surface area contributed by atoms with Gasteiger partial charge in [-0.25, -0.2) is 0 Å². The van der Waals surface area contributed by atoms with Gasteiger partial charge in [0.15, 0.2) is 0 Å². The first-order valence-electron chi connectivity index (χ1n) is 3.15. The van der Waals surface area contributed by atoms with Gasteiger partial charge in [0, 0.05) is 12.0 Å². The first-order chi connectivity index (χ1) is 3.87. The molecule has 0 radical (unpaired) electrons. The Labute approximate surface area is 61.2 Å². The number of fused-ring (bicyclic) bond motifs is 1. The lowest BCUT2D eigenvalue weighted by Gasteiger charge is -2.03. The number of ether oxygens (including phenoxy) is 1. The minimum Gasteiger partial charge on any atom is -0.380 e. The van der Waals surface area contributed by atoms with Crippen molar-refractivity contribution in [2.24, 2.45) is 17.1 Å². The fraction of sp³-hybridized carbons (Fsp3) is 1.00. The highest BCUT2D eigenvalue weighted by atomic mass is 35.5. The average molecular weight is 150 g/mol. The van der Waals surface area contributed by atoms with Gasteiger partial charge in [0.25, 0.3) is 0 Å². The van der Waals surface area contributed by atoms with Gasteiger partial charge in [-0.15, -0.1) is 12.4 Å². The summed E-state index contributed by atoms with van der Waals surface area (Å²) in [6.45, 7) is 2.73. The van der Waals surface area contributed by atoms with Crippen LogP contribution in [0.2, 0.25) is 0 Å². The van der Waals surface area contributed by atoms with Crippen molar-refractivity contribution in [3.05, 3.63) is 0 Å². The van der Waals surface area contributed by atoms with Gasteiger partial charge in [-0.3, -0.25) is 0 Å². The van der Waals surface area contributed by atoms with E-state index in [9.17, 15) is 0 Å². The number of rotatable bonds is 1. The highest BCUT2D eigenvalue weighted by molar-refractivity contribution is 5.85. The summed E-state index contributed by atoms with van der Waals surface area (Å²) in [5.74, 6) is 0.826. The zero-order valence-electron chi connectivity index (χ0n) is 5.30. The number of halogens is 1. The third-order valence-electron chi connectivity index (χ3n) is 2.47. The smallest absolute Gasteiger partial charge is 0.0538 e. The second kappa shape index (κ2) is 2.11. The van der Waals surface area contributed by atoms with Crippen LogP contribution in [0, 0.1) is 11.3 Å². The Bertz CT molecular complexity index is 116. The van der Waals surface area contributed by atoms with Gasteiger partial charge in [0.2, 0.25) is 0 Å². The molecule has 0 aromatic rings. The fourth-order valence-electron chi connectivity index (χ4n) is 1.56. The lowest BCUT2D eigenvalue weighted by molar-refractivity contribution is 0.148. The Morgan fingerprint density at radius 1 is 1.67 bits per heavy atom. The highest BCUT2D eigenvalue weighted by Gasteiger charge is 2.56. The van der Waals surface area contributed by atoms with E-state index in [1.807, 2.05) is 0 Å². The molecule has 2 rings (SSSR count). The Morgan fingerprint density at radius 3 is 2.67 bits per heavy atom. The van der Waals surface area contributed by atoms with Gasteiger partial charge in [-0.2, -0.15) is 0 Å². The second-order valence-electron chi connectivity index (χ2n) is 2.98. The molecule has 2 N–H and O–H groups in total. The van der Waals surface area contributed by atoms with Crippen molar-refractivity contribution in [2.75, 3.05) is 19.8 Å². The zero-order valence-corrected chi connectivity index (χ0v) is 6.12. The molecule has 9 heavy (non-hydrogen) atoms. The van der Waals surface area contributed by atoms with Crippen molar-refractivity contribution in [1.29, 1.82) is 0 Å². The van der Waals surface area contributed by atoms with Crippen LogP contribution in [0.25, 0.3) is 0 Å². The van der Waals surface area contributed by atoms with Crippen molar-refractivity contribution >= 4 is 12.4 Å². The maximum Gasteiger partial charge on any atom is 0.0538 e. The molecule has 2 aliphatic rings. The van der Waals surface area contributed by atoms with E-state index in [1.165, 1.54) is 6.42 Å². The predicted molar refractivity (Wildman–Crippen MR) is 37.7 cm³/mol. The first kappa shape index (κ1) is 7.32. The van der Waals surface area contributed by atoms with Crippen molar-refractivity contribution < 1.29 is 4.74 Å². The molecule has 0 unspecified atom stereocenters. The molecule has 3 heteroatoms. The zero-order chi connectivity index (χ0) is 5.61. The normalized spacial score (nSPS) is 45.7. The van der Waals surface area contributed by atoms with Gasteiger partial charge in [0.1, 0.15) is 0 Å². The highest BCUT2D eigenvalue weighted by Crippen LogP contribution is 2.55. The molecule has 1 aliphatic heterocycles. The average Bonchev–Trinajstić information content (AvgIpc) is 2.38. The van der Waals surface area contributed by atoms with Crippen molar-refractivity contribution in [3.8, 4) is 0 Å². The molecule has 0 aromatic heterocycles. The fourth-order valence-corrected chi connectivity index (χ4v) is 1.56. The molecule has 0 aromatic carbocycles. The van der Waals surface area contributed by atoms with E-state index in [0.29, 0.717) is 5.41 Å². The van der Waals surface area contributed by atoms with Gasteiger partial charge < -0.3 is 10.5 Å². The quantitative estimate of drug-likeness (QED) is 0.586. The summed E-state index contributed by atoms with van der Waals surface area (Å²) in [7, 11) is 0. The summed E-state index contributed by atoms with van der Waals surface area (Å²) in [4.78, 5) is 0. The molecule has 0 amide bonds. The van der Waals surface area contributed by atoms with E-state index in [2.05, 4.69) is 0 Å². The van der Waals surface area contributed by atoms with Crippen LogP contribution in [0.1, 0.15) is 6.42 Å². The maximum atomic E-state index is 5.53. The molecule has 2 nitrogen and oxygen atoms in total.